The van der Waals surface area contributed by atoms with Gasteiger partial charge in [0.2, 0.25) is 5.91 Å². The van der Waals surface area contributed by atoms with Crippen molar-refractivity contribution in [2.24, 2.45) is 0 Å². The summed E-state index contributed by atoms with van der Waals surface area (Å²) in [6.07, 6.45) is 0.677. The van der Waals surface area contributed by atoms with E-state index in [-0.39, 0.29) is 23.4 Å². The molecule has 0 aliphatic carbocycles. The standard InChI is InChI=1S/C21H20BrN3O3/c1-3-11-25-20(27)18(14-7-9-16(10-8-14)23-13(2)26)19(21(25)28)24-17-6-4-5-15(22)12-17/h4-10,12,24H,3,11H2,1-2H3,(H,23,26). The quantitative estimate of drug-likeness (QED) is 0.663. The second-order valence-corrected chi connectivity index (χ2v) is 7.32. The highest BCUT2D eigenvalue weighted by atomic mass is 79.9. The Morgan fingerprint density at radius 2 is 1.75 bits per heavy atom. The number of carbonyl (C=O) groups excluding carboxylic acids is 3. The molecule has 2 N–H and O–H groups in total. The van der Waals surface area contributed by atoms with Gasteiger partial charge in [0.25, 0.3) is 11.8 Å². The number of hydrogen-bond donors (Lipinski definition) is 2. The van der Waals surface area contributed by atoms with Gasteiger partial charge in [0, 0.05) is 29.3 Å². The number of rotatable bonds is 6. The molecule has 6 nitrogen and oxygen atoms in total. The topological polar surface area (TPSA) is 78.5 Å². The van der Waals surface area contributed by atoms with Crippen molar-refractivity contribution in [1.29, 1.82) is 0 Å². The van der Waals surface area contributed by atoms with Gasteiger partial charge in [-0.2, -0.15) is 0 Å². The molecule has 3 rings (SSSR count). The fraction of sp³-hybridized carbons (Fsp3) is 0.190. The summed E-state index contributed by atoms with van der Waals surface area (Å²) in [7, 11) is 0. The van der Waals surface area contributed by atoms with E-state index >= 15 is 0 Å². The number of nitrogens with zero attached hydrogens (tertiary/aromatic N) is 1. The fourth-order valence-electron chi connectivity index (χ4n) is 3.02. The molecule has 0 saturated heterocycles. The molecule has 0 spiro atoms. The Balaban J connectivity index is 2.02. The van der Waals surface area contributed by atoms with E-state index in [0.29, 0.717) is 35.5 Å². The second-order valence-electron chi connectivity index (χ2n) is 6.41. The van der Waals surface area contributed by atoms with E-state index in [1.807, 2.05) is 31.2 Å². The SMILES string of the molecule is CCCN1C(=O)C(Nc2cccc(Br)c2)=C(c2ccc(NC(C)=O)cc2)C1=O. The summed E-state index contributed by atoms with van der Waals surface area (Å²) in [4.78, 5) is 38.3. The molecule has 1 aliphatic rings. The number of amides is 3. The summed E-state index contributed by atoms with van der Waals surface area (Å²) >= 11 is 3.41. The minimum atomic E-state index is -0.340. The predicted octanol–water partition coefficient (Wildman–Crippen LogP) is 4.01. The zero-order valence-electron chi connectivity index (χ0n) is 15.6. The first-order valence-corrected chi connectivity index (χ1v) is 9.71. The van der Waals surface area contributed by atoms with Gasteiger partial charge in [-0.3, -0.25) is 19.3 Å². The highest BCUT2D eigenvalue weighted by Crippen LogP contribution is 2.31. The van der Waals surface area contributed by atoms with Crippen molar-refractivity contribution in [3.63, 3.8) is 0 Å². The summed E-state index contributed by atoms with van der Waals surface area (Å²) in [5, 5.41) is 5.80. The third-order valence-electron chi connectivity index (χ3n) is 4.20. The molecule has 0 saturated carbocycles. The van der Waals surface area contributed by atoms with E-state index in [1.54, 1.807) is 24.3 Å². The smallest absolute Gasteiger partial charge is 0.278 e. The zero-order chi connectivity index (χ0) is 20.3. The summed E-state index contributed by atoms with van der Waals surface area (Å²) in [5.41, 5.74) is 2.52. The van der Waals surface area contributed by atoms with Crippen molar-refractivity contribution in [3.8, 4) is 0 Å². The Labute approximate surface area is 171 Å². The molecule has 0 fully saturated rings. The lowest BCUT2D eigenvalue weighted by molar-refractivity contribution is -0.136. The van der Waals surface area contributed by atoms with E-state index in [1.165, 1.54) is 11.8 Å². The predicted molar refractivity (Wildman–Crippen MR) is 112 cm³/mol. The third-order valence-corrected chi connectivity index (χ3v) is 4.70. The van der Waals surface area contributed by atoms with Gasteiger partial charge in [0.1, 0.15) is 5.70 Å². The maximum atomic E-state index is 13.0. The van der Waals surface area contributed by atoms with E-state index in [9.17, 15) is 14.4 Å². The number of anilines is 2. The molecule has 144 valence electrons. The second kappa shape index (κ2) is 8.39. The lowest BCUT2D eigenvalue weighted by Crippen LogP contribution is -2.33. The molecule has 28 heavy (non-hydrogen) atoms. The molecule has 1 aliphatic heterocycles. The van der Waals surface area contributed by atoms with Crippen LogP contribution in [-0.2, 0) is 14.4 Å². The molecular formula is C21H20BrN3O3. The fourth-order valence-corrected chi connectivity index (χ4v) is 3.42. The zero-order valence-corrected chi connectivity index (χ0v) is 17.2. The average molecular weight is 442 g/mol. The molecule has 7 heteroatoms. The first-order valence-electron chi connectivity index (χ1n) is 8.91. The lowest BCUT2D eigenvalue weighted by atomic mass is 10.0. The molecular weight excluding hydrogens is 422 g/mol. The van der Waals surface area contributed by atoms with Crippen LogP contribution in [0.25, 0.3) is 5.57 Å². The number of imide groups is 1. The Kier molecular flexibility index (Phi) is 5.94. The van der Waals surface area contributed by atoms with Gasteiger partial charge in [-0.15, -0.1) is 0 Å². The average Bonchev–Trinajstić information content (AvgIpc) is 2.87. The summed E-state index contributed by atoms with van der Waals surface area (Å²) < 4.78 is 0.862. The van der Waals surface area contributed by atoms with Crippen LogP contribution in [0.3, 0.4) is 0 Å². The monoisotopic (exact) mass is 441 g/mol. The summed E-state index contributed by atoms with van der Waals surface area (Å²) in [5.74, 6) is -0.838. The molecule has 3 amide bonds. The van der Waals surface area contributed by atoms with Crippen molar-refractivity contribution in [1.82, 2.24) is 4.90 Å². The van der Waals surface area contributed by atoms with Gasteiger partial charge in [0.05, 0.1) is 5.57 Å². The van der Waals surface area contributed by atoms with Gasteiger partial charge in [-0.05, 0) is 42.3 Å². The van der Waals surface area contributed by atoms with Crippen LogP contribution >= 0.6 is 15.9 Å². The van der Waals surface area contributed by atoms with E-state index in [2.05, 4.69) is 26.6 Å². The molecule has 2 aromatic rings. The molecule has 2 aromatic carbocycles. The van der Waals surface area contributed by atoms with Crippen molar-refractivity contribution in [2.45, 2.75) is 20.3 Å². The van der Waals surface area contributed by atoms with Gasteiger partial charge in [0.15, 0.2) is 0 Å². The van der Waals surface area contributed by atoms with Gasteiger partial charge >= 0.3 is 0 Å². The first kappa shape index (κ1) is 19.8. The summed E-state index contributed by atoms with van der Waals surface area (Å²) in [6, 6.07) is 14.3. The highest BCUT2D eigenvalue weighted by molar-refractivity contribution is 9.10. The first-order chi connectivity index (χ1) is 13.4. The van der Waals surface area contributed by atoms with Crippen LogP contribution in [-0.4, -0.2) is 29.2 Å². The van der Waals surface area contributed by atoms with Crippen molar-refractivity contribution >= 4 is 50.6 Å². The van der Waals surface area contributed by atoms with Crippen LogP contribution < -0.4 is 10.6 Å². The Bertz CT molecular complexity index is 967. The van der Waals surface area contributed by atoms with Crippen LogP contribution in [0.1, 0.15) is 25.8 Å². The maximum Gasteiger partial charge on any atom is 0.278 e. The molecule has 1 heterocycles. The number of hydrogen-bond acceptors (Lipinski definition) is 4. The van der Waals surface area contributed by atoms with Crippen LogP contribution in [0.5, 0.6) is 0 Å². The third kappa shape index (κ3) is 4.14. The van der Waals surface area contributed by atoms with Crippen LogP contribution in [0.2, 0.25) is 0 Å². The van der Waals surface area contributed by atoms with Crippen molar-refractivity contribution in [2.75, 3.05) is 17.2 Å². The van der Waals surface area contributed by atoms with Crippen LogP contribution in [0.15, 0.2) is 58.7 Å². The minimum absolute atomic E-state index is 0.176. The highest BCUT2D eigenvalue weighted by Gasteiger charge is 2.38. The molecule has 0 unspecified atom stereocenters. The minimum Gasteiger partial charge on any atom is -0.350 e. The van der Waals surface area contributed by atoms with Crippen molar-refractivity contribution in [3.05, 3.63) is 64.3 Å². The van der Waals surface area contributed by atoms with Gasteiger partial charge in [-0.1, -0.05) is 41.1 Å². The maximum absolute atomic E-state index is 13.0. The number of carbonyl (C=O) groups is 3. The van der Waals surface area contributed by atoms with Gasteiger partial charge in [-0.25, -0.2) is 0 Å². The van der Waals surface area contributed by atoms with E-state index < -0.39 is 0 Å². The number of benzene rings is 2. The molecule has 0 aromatic heterocycles. The Morgan fingerprint density at radius 1 is 1.04 bits per heavy atom. The van der Waals surface area contributed by atoms with Gasteiger partial charge < -0.3 is 10.6 Å². The molecule has 0 radical (unpaired) electrons. The summed E-state index contributed by atoms with van der Waals surface area (Å²) in [6.45, 7) is 3.70. The number of nitrogens with one attached hydrogen (secondary N) is 2. The lowest BCUT2D eigenvalue weighted by Gasteiger charge is -2.13. The van der Waals surface area contributed by atoms with E-state index in [0.717, 1.165) is 4.47 Å². The van der Waals surface area contributed by atoms with Crippen LogP contribution in [0.4, 0.5) is 11.4 Å². The van der Waals surface area contributed by atoms with E-state index in [4.69, 9.17) is 0 Å². The Morgan fingerprint density at radius 3 is 2.36 bits per heavy atom. The largest absolute Gasteiger partial charge is 0.350 e. The number of halogens is 1. The molecule has 0 bridgehead atoms. The normalized spacial score (nSPS) is 13.9. The van der Waals surface area contributed by atoms with Crippen molar-refractivity contribution < 1.29 is 14.4 Å². The Hall–Kier alpha value is -2.93. The van der Waals surface area contributed by atoms with Crippen LogP contribution in [0, 0.1) is 0 Å². The molecule has 0 atom stereocenters.